The predicted octanol–water partition coefficient (Wildman–Crippen LogP) is 2.40. The summed E-state index contributed by atoms with van der Waals surface area (Å²) in [5, 5.41) is 8.54. The molecule has 94 valence electrons. The van der Waals surface area contributed by atoms with Crippen molar-refractivity contribution in [1.29, 1.82) is 0 Å². The van der Waals surface area contributed by atoms with Gasteiger partial charge in [0, 0.05) is 16.8 Å². The lowest BCUT2D eigenvalue weighted by atomic mass is 10.2. The van der Waals surface area contributed by atoms with E-state index in [1.54, 1.807) is 0 Å². The molecule has 17 heavy (non-hydrogen) atoms. The number of nitrogens with one attached hydrogen (secondary N) is 1. The molecule has 1 aromatic rings. The van der Waals surface area contributed by atoms with Crippen molar-refractivity contribution in [1.82, 2.24) is 15.5 Å². The summed E-state index contributed by atoms with van der Waals surface area (Å²) in [6.45, 7) is 3.32. The van der Waals surface area contributed by atoms with Gasteiger partial charge in [0.25, 0.3) is 0 Å². The molecule has 2 aliphatic heterocycles. The monoisotopic (exact) mass is 271 g/mol. The molecule has 2 fully saturated rings. The normalized spacial score (nSPS) is 34.1. The first-order valence-electron chi connectivity index (χ1n) is 6.14. The van der Waals surface area contributed by atoms with Gasteiger partial charge in [0.1, 0.15) is 0 Å². The number of thioether (sulfide) groups is 2. The van der Waals surface area contributed by atoms with Gasteiger partial charge in [-0.3, -0.25) is 0 Å². The quantitative estimate of drug-likeness (QED) is 0.891. The van der Waals surface area contributed by atoms with Crippen LogP contribution in [0.4, 0.5) is 0 Å². The van der Waals surface area contributed by atoms with Crippen LogP contribution in [0.15, 0.2) is 4.52 Å². The van der Waals surface area contributed by atoms with Gasteiger partial charge >= 0.3 is 0 Å². The minimum atomic E-state index is 0.285. The molecule has 3 heterocycles. The summed E-state index contributed by atoms with van der Waals surface area (Å²) in [5.41, 5.74) is 0. The van der Waals surface area contributed by atoms with Crippen molar-refractivity contribution >= 4 is 23.5 Å². The Morgan fingerprint density at radius 3 is 3.00 bits per heavy atom. The molecule has 3 unspecified atom stereocenters. The molecular weight excluding hydrogens is 254 g/mol. The summed E-state index contributed by atoms with van der Waals surface area (Å²) >= 11 is 3.96. The smallest absolute Gasteiger partial charge is 0.243 e. The van der Waals surface area contributed by atoms with Gasteiger partial charge in [-0.1, -0.05) is 12.1 Å². The standard InChI is InChI=1S/C11H17N3OS2/c1-7-9(17-6-5-16-7)10-13-11(15-14-10)8-3-2-4-12-8/h7-9,12H,2-6H2,1H3. The molecule has 0 radical (unpaired) electrons. The molecule has 1 aromatic heterocycles. The molecule has 0 spiro atoms. The molecule has 4 nitrogen and oxygen atoms in total. The highest BCUT2D eigenvalue weighted by molar-refractivity contribution is 8.06. The van der Waals surface area contributed by atoms with E-state index in [1.807, 2.05) is 23.5 Å². The molecule has 0 aliphatic carbocycles. The van der Waals surface area contributed by atoms with Gasteiger partial charge in [0.2, 0.25) is 5.89 Å². The summed E-state index contributed by atoms with van der Waals surface area (Å²) in [4.78, 5) is 4.59. The molecule has 2 saturated heterocycles. The fraction of sp³-hybridized carbons (Fsp3) is 0.818. The van der Waals surface area contributed by atoms with Crippen LogP contribution in [-0.4, -0.2) is 33.4 Å². The average Bonchev–Trinajstić information content (AvgIpc) is 3.00. The first kappa shape index (κ1) is 11.9. The maximum Gasteiger partial charge on any atom is 0.243 e. The van der Waals surface area contributed by atoms with E-state index in [1.165, 1.54) is 17.9 Å². The van der Waals surface area contributed by atoms with Crippen LogP contribution in [-0.2, 0) is 0 Å². The second kappa shape index (κ2) is 5.20. The average molecular weight is 271 g/mol. The molecule has 2 aliphatic rings. The van der Waals surface area contributed by atoms with Crippen molar-refractivity contribution in [2.24, 2.45) is 0 Å². The van der Waals surface area contributed by atoms with E-state index < -0.39 is 0 Å². The minimum Gasteiger partial charge on any atom is -0.338 e. The molecule has 0 saturated carbocycles. The lowest BCUT2D eigenvalue weighted by molar-refractivity contribution is 0.341. The number of hydrogen-bond donors (Lipinski definition) is 1. The van der Waals surface area contributed by atoms with E-state index in [-0.39, 0.29) is 6.04 Å². The Balaban J connectivity index is 1.74. The van der Waals surface area contributed by atoms with E-state index in [0.29, 0.717) is 10.5 Å². The van der Waals surface area contributed by atoms with Crippen molar-refractivity contribution in [3.8, 4) is 0 Å². The van der Waals surface area contributed by atoms with Crippen LogP contribution in [0, 0.1) is 0 Å². The zero-order chi connectivity index (χ0) is 11.7. The predicted molar refractivity (Wildman–Crippen MR) is 71.4 cm³/mol. The topological polar surface area (TPSA) is 51.0 Å². The Morgan fingerprint density at radius 1 is 1.35 bits per heavy atom. The SMILES string of the molecule is CC1SCCSC1c1noc(C2CCCN2)n1. The van der Waals surface area contributed by atoms with E-state index in [9.17, 15) is 0 Å². The molecule has 1 N–H and O–H groups in total. The zero-order valence-electron chi connectivity index (χ0n) is 9.89. The van der Waals surface area contributed by atoms with Gasteiger partial charge in [0.05, 0.1) is 11.3 Å². The molecule has 3 rings (SSSR count). The van der Waals surface area contributed by atoms with Crippen molar-refractivity contribution in [2.45, 2.75) is 36.3 Å². The lowest BCUT2D eigenvalue weighted by Crippen LogP contribution is -2.17. The Hall–Kier alpha value is -0.200. The van der Waals surface area contributed by atoms with Crippen LogP contribution in [0.2, 0.25) is 0 Å². The number of nitrogens with zero attached hydrogens (tertiary/aromatic N) is 2. The van der Waals surface area contributed by atoms with Gasteiger partial charge in [-0.25, -0.2) is 0 Å². The summed E-state index contributed by atoms with van der Waals surface area (Å²) < 4.78 is 5.40. The highest BCUT2D eigenvalue weighted by Crippen LogP contribution is 2.41. The molecule has 0 bridgehead atoms. The van der Waals surface area contributed by atoms with Crippen LogP contribution < -0.4 is 5.32 Å². The van der Waals surface area contributed by atoms with Crippen LogP contribution in [0.3, 0.4) is 0 Å². The zero-order valence-corrected chi connectivity index (χ0v) is 11.5. The minimum absolute atomic E-state index is 0.285. The van der Waals surface area contributed by atoms with E-state index >= 15 is 0 Å². The van der Waals surface area contributed by atoms with E-state index in [4.69, 9.17) is 4.52 Å². The molecule has 3 atom stereocenters. The van der Waals surface area contributed by atoms with Gasteiger partial charge < -0.3 is 9.84 Å². The van der Waals surface area contributed by atoms with Crippen molar-refractivity contribution in [3.05, 3.63) is 11.7 Å². The van der Waals surface area contributed by atoms with Crippen molar-refractivity contribution in [3.63, 3.8) is 0 Å². The van der Waals surface area contributed by atoms with Crippen LogP contribution in [0.1, 0.15) is 42.8 Å². The Labute approximate surface area is 110 Å². The van der Waals surface area contributed by atoms with Gasteiger partial charge in [-0.05, 0) is 19.4 Å². The summed E-state index contributed by atoms with van der Waals surface area (Å²) in [5.74, 6) is 4.09. The highest BCUT2D eigenvalue weighted by atomic mass is 32.2. The fourth-order valence-corrected chi connectivity index (χ4v) is 5.00. The van der Waals surface area contributed by atoms with Gasteiger partial charge in [0.15, 0.2) is 5.82 Å². The van der Waals surface area contributed by atoms with E-state index in [2.05, 4.69) is 22.4 Å². The van der Waals surface area contributed by atoms with Gasteiger partial charge in [-0.2, -0.15) is 16.7 Å². The Kier molecular flexibility index (Phi) is 3.63. The maximum atomic E-state index is 5.40. The maximum absolute atomic E-state index is 5.40. The third-order valence-corrected chi connectivity index (χ3v) is 6.34. The summed E-state index contributed by atoms with van der Waals surface area (Å²) in [6, 6.07) is 0.285. The van der Waals surface area contributed by atoms with Crippen molar-refractivity contribution in [2.75, 3.05) is 18.1 Å². The van der Waals surface area contributed by atoms with Gasteiger partial charge in [-0.15, -0.1) is 11.8 Å². The fourth-order valence-electron chi connectivity index (χ4n) is 2.32. The lowest BCUT2D eigenvalue weighted by Gasteiger charge is -2.24. The Morgan fingerprint density at radius 2 is 2.24 bits per heavy atom. The summed E-state index contributed by atoms with van der Waals surface area (Å²) in [6.07, 6.45) is 2.32. The third-order valence-electron chi connectivity index (χ3n) is 3.26. The number of aromatic nitrogens is 2. The summed E-state index contributed by atoms with van der Waals surface area (Å²) in [7, 11) is 0. The highest BCUT2D eigenvalue weighted by Gasteiger charge is 2.30. The van der Waals surface area contributed by atoms with Crippen LogP contribution in [0.5, 0.6) is 0 Å². The van der Waals surface area contributed by atoms with Crippen LogP contribution >= 0.6 is 23.5 Å². The second-order valence-electron chi connectivity index (χ2n) is 4.51. The number of rotatable bonds is 2. The van der Waals surface area contributed by atoms with Crippen LogP contribution in [0.25, 0.3) is 0 Å². The third kappa shape index (κ3) is 2.48. The molecule has 0 amide bonds. The first-order chi connectivity index (χ1) is 8.34. The molecular formula is C11H17N3OS2. The number of hydrogen-bond acceptors (Lipinski definition) is 6. The first-order valence-corrected chi connectivity index (χ1v) is 8.24. The van der Waals surface area contributed by atoms with Crippen molar-refractivity contribution < 1.29 is 4.52 Å². The van der Waals surface area contributed by atoms with E-state index in [0.717, 1.165) is 24.7 Å². The second-order valence-corrected chi connectivity index (χ2v) is 7.24. The molecule has 0 aromatic carbocycles. The Bertz CT molecular complexity index is 379. The largest absolute Gasteiger partial charge is 0.338 e. The molecule has 6 heteroatoms.